The topological polar surface area (TPSA) is 43.2 Å². The molecule has 0 saturated carbocycles. The van der Waals surface area contributed by atoms with Crippen molar-refractivity contribution in [1.29, 1.82) is 0 Å². The van der Waals surface area contributed by atoms with Crippen LogP contribution in [0, 0.1) is 0 Å². The molecule has 156 valence electrons. The number of ether oxygens (including phenoxy) is 1. The summed E-state index contributed by atoms with van der Waals surface area (Å²) in [6, 6.07) is 0.928. The summed E-state index contributed by atoms with van der Waals surface area (Å²) in [6.45, 7) is 9.16. The molecule has 5 nitrogen and oxygen atoms in total. The third-order valence-electron chi connectivity index (χ3n) is 4.87. The molecule has 0 N–H and O–H groups in total. The standard InChI is InChI=1S/C18H26ClF3N4OSi/c1-28(2,3)9-8-27-12-26-17-15(16(24-26)18(20,21)22)13(14(19)10-23-17)11-25-6-4-5-7-25/h10H,4-9,11-12H2,1-3H3. The Morgan fingerprint density at radius 1 is 1.21 bits per heavy atom. The van der Waals surface area contributed by atoms with Crippen molar-refractivity contribution in [3.63, 3.8) is 0 Å². The Morgan fingerprint density at radius 2 is 1.89 bits per heavy atom. The van der Waals surface area contributed by atoms with Gasteiger partial charge in [-0.3, -0.25) is 4.90 Å². The van der Waals surface area contributed by atoms with E-state index >= 15 is 0 Å². The van der Waals surface area contributed by atoms with Crippen molar-refractivity contribution < 1.29 is 17.9 Å². The first kappa shape index (κ1) is 21.5. The minimum atomic E-state index is -4.59. The van der Waals surface area contributed by atoms with Gasteiger partial charge < -0.3 is 4.74 Å². The van der Waals surface area contributed by atoms with Crippen LogP contribution in [0.15, 0.2) is 6.20 Å². The molecule has 0 unspecified atom stereocenters. The quantitative estimate of drug-likeness (QED) is 0.453. The van der Waals surface area contributed by atoms with Gasteiger partial charge in [0, 0.05) is 27.4 Å². The normalized spacial score (nSPS) is 16.4. The summed E-state index contributed by atoms with van der Waals surface area (Å²) in [5.41, 5.74) is -0.339. The Kier molecular flexibility index (Phi) is 6.38. The maximum atomic E-state index is 13.7. The molecule has 1 fully saturated rings. The van der Waals surface area contributed by atoms with Crippen LogP contribution in [0.3, 0.4) is 0 Å². The molecule has 1 aliphatic heterocycles. The van der Waals surface area contributed by atoms with Crippen molar-refractivity contribution in [3.8, 4) is 0 Å². The van der Waals surface area contributed by atoms with E-state index in [9.17, 15) is 13.2 Å². The Balaban J connectivity index is 1.94. The lowest BCUT2D eigenvalue weighted by Crippen LogP contribution is -2.22. The highest BCUT2D eigenvalue weighted by Gasteiger charge is 2.39. The average Bonchev–Trinajstić information content (AvgIpc) is 3.20. The summed E-state index contributed by atoms with van der Waals surface area (Å²) in [5, 5.41) is 4.04. The third kappa shape index (κ3) is 5.06. The lowest BCUT2D eigenvalue weighted by Gasteiger charge is -2.17. The molecule has 10 heteroatoms. The molecule has 1 aliphatic rings. The first-order chi connectivity index (χ1) is 13.1. The van der Waals surface area contributed by atoms with Crippen LogP contribution in [-0.4, -0.2) is 47.4 Å². The number of hydrogen-bond donors (Lipinski definition) is 0. The van der Waals surface area contributed by atoms with Crippen LogP contribution >= 0.6 is 11.6 Å². The number of hydrogen-bond acceptors (Lipinski definition) is 4. The molecule has 2 aromatic rings. The Labute approximate surface area is 168 Å². The van der Waals surface area contributed by atoms with Crippen LogP contribution < -0.4 is 0 Å². The van der Waals surface area contributed by atoms with Crippen LogP contribution in [-0.2, 0) is 24.2 Å². The molecule has 3 rings (SSSR count). The van der Waals surface area contributed by atoms with Crippen molar-refractivity contribution in [2.75, 3.05) is 19.7 Å². The van der Waals surface area contributed by atoms with E-state index in [1.54, 1.807) is 0 Å². The monoisotopic (exact) mass is 434 g/mol. The fourth-order valence-electron chi connectivity index (χ4n) is 3.31. The van der Waals surface area contributed by atoms with Crippen LogP contribution in [0.4, 0.5) is 13.2 Å². The number of aromatic nitrogens is 3. The van der Waals surface area contributed by atoms with Gasteiger partial charge in [0.15, 0.2) is 11.3 Å². The predicted molar refractivity (Wildman–Crippen MR) is 106 cm³/mol. The highest BCUT2D eigenvalue weighted by atomic mass is 35.5. The van der Waals surface area contributed by atoms with E-state index in [0.717, 1.165) is 32.0 Å². The van der Waals surface area contributed by atoms with Gasteiger partial charge in [-0.05, 0) is 37.5 Å². The van der Waals surface area contributed by atoms with E-state index < -0.39 is 19.9 Å². The van der Waals surface area contributed by atoms with E-state index in [0.29, 0.717) is 18.7 Å². The van der Waals surface area contributed by atoms with Gasteiger partial charge in [-0.2, -0.15) is 18.3 Å². The molecule has 3 heterocycles. The Bertz CT molecular complexity index is 829. The fraction of sp³-hybridized carbons (Fsp3) is 0.667. The number of rotatable bonds is 7. The highest BCUT2D eigenvalue weighted by molar-refractivity contribution is 6.76. The molecular formula is C18H26ClF3N4OSi. The fourth-order valence-corrected chi connectivity index (χ4v) is 4.27. The number of pyridine rings is 1. The largest absolute Gasteiger partial charge is 0.435 e. The lowest BCUT2D eigenvalue weighted by atomic mass is 10.1. The molecule has 0 atom stereocenters. The molecule has 0 aliphatic carbocycles. The van der Waals surface area contributed by atoms with Gasteiger partial charge >= 0.3 is 6.18 Å². The van der Waals surface area contributed by atoms with E-state index in [-0.39, 0.29) is 22.8 Å². The maximum absolute atomic E-state index is 13.7. The minimum Gasteiger partial charge on any atom is -0.359 e. The zero-order valence-electron chi connectivity index (χ0n) is 16.4. The summed E-state index contributed by atoms with van der Waals surface area (Å²) >= 11 is 6.27. The number of halogens is 4. The molecule has 1 saturated heterocycles. The van der Waals surface area contributed by atoms with Gasteiger partial charge in [-0.25, -0.2) is 9.67 Å². The second-order valence-corrected chi connectivity index (χ2v) is 14.5. The summed E-state index contributed by atoms with van der Waals surface area (Å²) in [6.07, 6.45) is -1.09. The summed E-state index contributed by atoms with van der Waals surface area (Å²) in [4.78, 5) is 6.27. The van der Waals surface area contributed by atoms with Gasteiger partial charge in [-0.15, -0.1) is 0 Å². The van der Waals surface area contributed by atoms with Crippen LogP contribution in [0.25, 0.3) is 11.0 Å². The first-order valence-electron chi connectivity index (χ1n) is 9.47. The zero-order chi connectivity index (χ0) is 20.5. The average molecular weight is 435 g/mol. The zero-order valence-corrected chi connectivity index (χ0v) is 18.2. The van der Waals surface area contributed by atoms with Crippen molar-refractivity contribution in [2.45, 2.75) is 58.0 Å². The molecule has 0 bridgehead atoms. The van der Waals surface area contributed by atoms with Crippen molar-refractivity contribution >= 4 is 30.7 Å². The van der Waals surface area contributed by atoms with E-state index in [1.165, 1.54) is 10.9 Å². The summed E-state index contributed by atoms with van der Waals surface area (Å²) in [7, 11) is -1.28. The smallest absolute Gasteiger partial charge is 0.359 e. The minimum absolute atomic E-state index is 0.0132. The Hall–Kier alpha value is -1.16. The molecule has 2 aromatic heterocycles. The first-order valence-corrected chi connectivity index (χ1v) is 13.6. The maximum Gasteiger partial charge on any atom is 0.435 e. The third-order valence-corrected chi connectivity index (χ3v) is 6.90. The van der Waals surface area contributed by atoms with E-state index in [4.69, 9.17) is 16.3 Å². The van der Waals surface area contributed by atoms with Gasteiger partial charge in [-0.1, -0.05) is 31.2 Å². The van der Waals surface area contributed by atoms with Gasteiger partial charge in [0.25, 0.3) is 0 Å². The van der Waals surface area contributed by atoms with Crippen molar-refractivity contribution in [3.05, 3.63) is 22.5 Å². The van der Waals surface area contributed by atoms with Gasteiger partial charge in [0.1, 0.15) is 6.73 Å². The second-order valence-electron chi connectivity index (χ2n) is 8.46. The van der Waals surface area contributed by atoms with Crippen LogP contribution in [0.1, 0.15) is 24.1 Å². The van der Waals surface area contributed by atoms with Gasteiger partial charge in [0.05, 0.1) is 10.4 Å². The molecule has 0 aromatic carbocycles. The van der Waals surface area contributed by atoms with Crippen molar-refractivity contribution in [1.82, 2.24) is 19.7 Å². The highest BCUT2D eigenvalue weighted by Crippen LogP contribution is 2.38. The van der Waals surface area contributed by atoms with E-state index in [2.05, 4.69) is 34.6 Å². The number of fused-ring (bicyclic) bond motifs is 1. The summed E-state index contributed by atoms with van der Waals surface area (Å²) < 4.78 is 47.9. The molecular weight excluding hydrogens is 409 g/mol. The summed E-state index contributed by atoms with van der Waals surface area (Å²) in [5.74, 6) is 0. The van der Waals surface area contributed by atoms with Crippen LogP contribution in [0.2, 0.25) is 30.7 Å². The molecule has 28 heavy (non-hydrogen) atoms. The predicted octanol–water partition coefficient (Wildman–Crippen LogP) is 5.01. The Morgan fingerprint density at radius 3 is 2.50 bits per heavy atom. The van der Waals surface area contributed by atoms with Gasteiger partial charge in [0.2, 0.25) is 0 Å². The molecule has 0 radical (unpaired) electrons. The molecule has 0 amide bonds. The SMILES string of the molecule is C[Si](C)(C)CCOCn1nc(C(F)(F)F)c2c(CN3CCCC3)c(Cl)cnc21. The number of nitrogens with zero attached hydrogens (tertiary/aromatic N) is 4. The lowest BCUT2D eigenvalue weighted by molar-refractivity contribution is -0.140. The molecule has 0 spiro atoms. The number of alkyl halides is 3. The van der Waals surface area contributed by atoms with Crippen molar-refractivity contribution in [2.24, 2.45) is 0 Å². The van der Waals surface area contributed by atoms with Crippen LogP contribution in [0.5, 0.6) is 0 Å². The van der Waals surface area contributed by atoms with E-state index in [1.807, 2.05) is 0 Å². The second kappa shape index (κ2) is 8.29. The number of likely N-dealkylation sites (tertiary alicyclic amines) is 1.